The number of rotatable bonds is 5. The van der Waals surface area contributed by atoms with Gasteiger partial charge in [0.05, 0.1) is 23.9 Å². The number of thiazole rings is 1. The van der Waals surface area contributed by atoms with Crippen LogP contribution in [-0.4, -0.2) is 29.6 Å². The van der Waals surface area contributed by atoms with Crippen LogP contribution in [-0.2, 0) is 11.2 Å². The van der Waals surface area contributed by atoms with Crippen LogP contribution in [0.5, 0.6) is 0 Å². The Morgan fingerprint density at radius 3 is 3.11 bits per heavy atom. The van der Waals surface area contributed by atoms with Crippen molar-refractivity contribution in [1.29, 1.82) is 0 Å². The van der Waals surface area contributed by atoms with E-state index in [2.05, 4.69) is 20.0 Å². The number of carbonyl (C=O) groups is 1. The molecule has 0 radical (unpaired) electrons. The number of nitrogens with zero attached hydrogens (tertiary/aromatic N) is 2. The van der Waals surface area contributed by atoms with Gasteiger partial charge in [-0.2, -0.15) is 0 Å². The molecule has 0 saturated heterocycles. The fourth-order valence-corrected chi connectivity index (χ4v) is 2.04. The van der Waals surface area contributed by atoms with E-state index in [4.69, 9.17) is 0 Å². The van der Waals surface area contributed by atoms with Crippen molar-refractivity contribution in [2.75, 3.05) is 19.0 Å². The summed E-state index contributed by atoms with van der Waals surface area (Å²) in [4.78, 5) is 19.7. The smallest absolute Gasteiger partial charge is 0.338 e. The van der Waals surface area contributed by atoms with Gasteiger partial charge in [-0.15, -0.1) is 11.3 Å². The highest BCUT2D eigenvalue weighted by atomic mass is 32.1. The topological polar surface area (TPSA) is 64.1 Å². The molecule has 0 amide bonds. The summed E-state index contributed by atoms with van der Waals surface area (Å²) in [6.45, 7) is 0.724. The van der Waals surface area contributed by atoms with E-state index in [9.17, 15) is 4.79 Å². The number of hydrogen-bond acceptors (Lipinski definition) is 6. The summed E-state index contributed by atoms with van der Waals surface area (Å²) in [6, 6.07) is 3.30. The fourth-order valence-electron chi connectivity index (χ4n) is 1.45. The maximum atomic E-state index is 11.3. The fraction of sp³-hybridized carbons (Fsp3) is 0.250. The summed E-state index contributed by atoms with van der Waals surface area (Å²) in [5.41, 5.74) is 3.35. The third-order valence-electron chi connectivity index (χ3n) is 2.35. The average Bonchev–Trinajstić information content (AvgIpc) is 2.91. The Kier molecular flexibility index (Phi) is 4.25. The molecule has 1 N–H and O–H groups in total. The van der Waals surface area contributed by atoms with E-state index in [1.165, 1.54) is 7.11 Å². The van der Waals surface area contributed by atoms with E-state index in [1.807, 2.05) is 10.9 Å². The summed E-state index contributed by atoms with van der Waals surface area (Å²) >= 11 is 1.58. The van der Waals surface area contributed by atoms with Crippen LogP contribution >= 0.6 is 11.3 Å². The van der Waals surface area contributed by atoms with Crippen molar-refractivity contribution in [2.45, 2.75) is 6.42 Å². The molecule has 0 aliphatic heterocycles. The van der Waals surface area contributed by atoms with Gasteiger partial charge in [0.15, 0.2) is 0 Å². The molecule has 94 valence electrons. The Bertz CT molecular complexity index is 514. The first kappa shape index (κ1) is 12.5. The van der Waals surface area contributed by atoms with E-state index in [1.54, 1.807) is 29.7 Å². The van der Waals surface area contributed by atoms with E-state index < -0.39 is 0 Å². The number of aromatic nitrogens is 2. The Morgan fingerprint density at radius 1 is 1.50 bits per heavy atom. The Labute approximate surface area is 109 Å². The van der Waals surface area contributed by atoms with Crippen LogP contribution in [0, 0.1) is 0 Å². The Balaban J connectivity index is 1.91. The molecule has 2 aromatic heterocycles. The number of pyridine rings is 1. The molecule has 2 heterocycles. The molecule has 6 heteroatoms. The number of methoxy groups -OCH3 is 1. The minimum Gasteiger partial charge on any atom is -0.465 e. The third kappa shape index (κ3) is 3.27. The molecule has 18 heavy (non-hydrogen) atoms. The van der Waals surface area contributed by atoms with Crippen LogP contribution in [0.4, 0.5) is 5.82 Å². The van der Waals surface area contributed by atoms with Crippen molar-refractivity contribution in [3.05, 3.63) is 40.5 Å². The van der Waals surface area contributed by atoms with Crippen molar-refractivity contribution < 1.29 is 9.53 Å². The number of ether oxygens (including phenoxy) is 1. The van der Waals surface area contributed by atoms with Crippen LogP contribution in [0.15, 0.2) is 29.2 Å². The lowest BCUT2D eigenvalue weighted by atomic mass is 10.2. The molecule has 0 bridgehead atoms. The van der Waals surface area contributed by atoms with Gasteiger partial charge in [0, 0.05) is 24.5 Å². The second-order valence-corrected chi connectivity index (χ2v) is 4.30. The van der Waals surface area contributed by atoms with Gasteiger partial charge in [-0.25, -0.2) is 14.8 Å². The summed E-state index contributed by atoms with van der Waals surface area (Å²) in [5.74, 6) is 0.299. The first-order valence-electron chi connectivity index (χ1n) is 5.45. The quantitative estimate of drug-likeness (QED) is 0.836. The second kappa shape index (κ2) is 6.11. The number of anilines is 1. The zero-order valence-electron chi connectivity index (χ0n) is 9.92. The van der Waals surface area contributed by atoms with Crippen LogP contribution in [0.3, 0.4) is 0 Å². The molecule has 0 fully saturated rings. The third-order valence-corrected chi connectivity index (χ3v) is 2.99. The number of hydrogen-bond donors (Lipinski definition) is 1. The summed E-state index contributed by atoms with van der Waals surface area (Å²) in [5, 5.41) is 5.16. The monoisotopic (exact) mass is 263 g/mol. The maximum Gasteiger partial charge on any atom is 0.338 e. The lowest BCUT2D eigenvalue weighted by molar-refractivity contribution is 0.0600. The van der Waals surface area contributed by atoms with Gasteiger partial charge in [-0.1, -0.05) is 0 Å². The Hall–Kier alpha value is -1.95. The molecular formula is C12H13N3O2S. The van der Waals surface area contributed by atoms with Crippen molar-refractivity contribution in [2.24, 2.45) is 0 Å². The highest BCUT2D eigenvalue weighted by molar-refractivity contribution is 7.07. The Morgan fingerprint density at radius 2 is 2.39 bits per heavy atom. The van der Waals surface area contributed by atoms with Crippen LogP contribution < -0.4 is 5.32 Å². The highest BCUT2D eigenvalue weighted by Crippen LogP contribution is 2.08. The minimum absolute atomic E-state index is 0.361. The van der Waals surface area contributed by atoms with Crippen LogP contribution in [0.25, 0.3) is 0 Å². The molecule has 0 aliphatic rings. The summed E-state index contributed by atoms with van der Waals surface area (Å²) < 4.78 is 4.65. The normalized spacial score (nSPS) is 10.1. The molecule has 0 unspecified atom stereocenters. The predicted molar refractivity (Wildman–Crippen MR) is 69.9 cm³/mol. The zero-order chi connectivity index (χ0) is 12.8. The molecule has 0 spiro atoms. The van der Waals surface area contributed by atoms with E-state index in [0.29, 0.717) is 11.4 Å². The van der Waals surface area contributed by atoms with Crippen molar-refractivity contribution >= 4 is 23.1 Å². The van der Waals surface area contributed by atoms with Gasteiger partial charge in [0.1, 0.15) is 5.82 Å². The first-order chi connectivity index (χ1) is 8.79. The molecule has 0 aromatic carbocycles. The van der Waals surface area contributed by atoms with Gasteiger partial charge in [0.2, 0.25) is 0 Å². The van der Waals surface area contributed by atoms with Crippen molar-refractivity contribution in [3.8, 4) is 0 Å². The lowest BCUT2D eigenvalue weighted by Gasteiger charge is -2.05. The van der Waals surface area contributed by atoms with Crippen LogP contribution in [0.2, 0.25) is 0 Å². The molecular weight excluding hydrogens is 250 g/mol. The SMILES string of the molecule is COC(=O)c1ccnc(NCCc2cscn2)c1. The molecule has 0 atom stereocenters. The second-order valence-electron chi connectivity index (χ2n) is 3.58. The molecule has 2 rings (SSSR count). The summed E-state index contributed by atoms with van der Waals surface area (Å²) in [7, 11) is 1.36. The first-order valence-corrected chi connectivity index (χ1v) is 6.39. The largest absolute Gasteiger partial charge is 0.465 e. The lowest BCUT2D eigenvalue weighted by Crippen LogP contribution is -2.08. The summed E-state index contributed by atoms with van der Waals surface area (Å²) in [6.07, 6.45) is 2.41. The average molecular weight is 263 g/mol. The van der Waals surface area contributed by atoms with Gasteiger partial charge >= 0.3 is 5.97 Å². The van der Waals surface area contributed by atoms with Gasteiger partial charge < -0.3 is 10.1 Å². The van der Waals surface area contributed by atoms with Gasteiger partial charge in [-0.05, 0) is 12.1 Å². The van der Waals surface area contributed by atoms with Crippen LogP contribution in [0.1, 0.15) is 16.1 Å². The van der Waals surface area contributed by atoms with Crippen molar-refractivity contribution in [1.82, 2.24) is 9.97 Å². The van der Waals surface area contributed by atoms with Gasteiger partial charge in [-0.3, -0.25) is 0 Å². The van der Waals surface area contributed by atoms with E-state index in [-0.39, 0.29) is 5.97 Å². The van der Waals surface area contributed by atoms with Crippen molar-refractivity contribution in [3.63, 3.8) is 0 Å². The van der Waals surface area contributed by atoms with E-state index >= 15 is 0 Å². The molecule has 0 aliphatic carbocycles. The molecule has 2 aromatic rings. The molecule has 5 nitrogen and oxygen atoms in total. The highest BCUT2D eigenvalue weighted by Gasteiger charge is 2.06. The van der Waals surface area contributed by atoms with Gasteiger partial charge in [0.25, 0.3) is 0 Å². The van der Waals surface area contributed by atoms with E-state index in [0.717, 1.165) is 18.7 Å². The maximum absolute atomic E-state index is 11.3. The minimum atomic E-state index is -0.361. The number of esters is 1. The number of nitrogens with one attached hydrogen (secondary N) is 1. The zero-order valence-corrected chi connectivity index (χ0v) is 10.7. The molecule has 0 saturated carbocycles. The standard InChI is InChI=1S/C12H13N3O2S/c1-17-12(16)9-2-4-13-11(6-9)14-5-3-10-7-18-8-15-10/h2,4,6-8H,3,5H2,1H3,(H,13,14). The number of carbonyl (C=O) groups excluding carboxylic acids is 1. The predicted octanol–water partition coefficient (Wildman–Crippen LogP) is 1.98.